The van der Waals surface area contributed by atoms with E-state index < -0.39 is 21.8 Å². The van der Waals surface area contributed by atoms with Gasteiger partial charge >= 0.3 is 0 Å². The Labute approximate surface area is 180 Å². The Hall–Kier alpha value is -2.27. The van der Waals surface area contributed by atoms with Crippen molar-refractivity contribution in [2.24, 2.45) is 5.73 Å². The highest BCUT2D eigenvalue weighted by Gasteiger charge is 2.27. The van der Waals surface area contributed by atoms with E-state index in [0.717, 1.165) is 47.2 Å². The molecular weight excluding hydrogens is 424 g/mol. The lowest BCUT2D eigenvalue weighted by Gasteiger charge is -2.26. The van der Waals surface area contributed by atoms with Crippen LogP contribution < -0.4 is 11.1 Å². The molecule has 2 amide bonds. The zero-order chi connectivity index (χ0) is 22.1. The molecule has 162 valence electrons. The number of fused-ring (bicyclic) bond motifs is 1. The highest BCUT2D eigenvalue weighted by molar-refractivity contribution is 7.89. The fraction of sp³-hybridized carbons (Fsp3) is 0.400. The zero-order valence-electron chi connectivity index (χ0n) is 17.3. The molecule has 1 aromatic carbocycles. The molecule has 0 fully saturated rings. The molecular formula is C20H26N4O4S2. The van der Waals surface area contributed by atoms with Crippen molar-refractivity contribution in [3.8, 4) is 0 Å². The number of primary amides is 1. The number of hydrogen-bond donors (Lipinski definition) is 2. The fourth-order valence-corrected chi connectivity index (χ4v) is 5.67. The summed E-state index contributed by atoms with van der Waals surface area (Å²) >= 11 is 1.38. The predicted octanol–water partition coefficient (Wildman–Crippen LogP) is 2.12. The Morgan fingerprint density at radius 2 is 1.90 bits per heavy atom. The van der Waals surface area contributed by atoms with E-state index in [9.17, 15) is 18.0 Å². The van der Waals surface area contributed by atoms with E-state index in [2.05, 4.69) is 17.1 Å². The van der Waals surface area contributed by atoms with Crippen molar-refractivity contribution in [1.82, 2.24) is 9.21 Å². The van der Waals surface area contributed by atoms with Crippen LogP contribution in [0.25, 0.3) is 0 Å². The topological polar surface area (TPSA) is 113 Å². The Bertz CT molecular complexity index is 1060. The number of amides is 2. The van der Waals surface area contributed by atoms with Gasteiger partial charge < -0.3 is 11.1 Å². The average molecular weight is 451 g/mol. The van der Waals surface area contributed by atoms with Crippen LogP contribution in [0.2, 0.25) is 0 Å². The number of nitrogens with zero attached hydrogens (tertiary/aromatic N) is 2. The zero-order valence-corrected chi connectivity index (χ0v) is 18.9. The minimum Gasteiger partial charge on any atom is -0.365 e. The minimum absolute atomic E-state index is 0.101. The van der Waals surface area contributed by atoms with Gasteiger partial charge in [0.25, 0.3) is 11.8 Å². The second-order valence-corrected chi connectivity index (χ2v) is 10.6. The van der Waals surface area contributed by atoms with Gasteiger partial charge in [-0.15, -0.1) is 11.3 Å². The number of sulfonamides is 1. The number of nitrogens with one attached hydrogen (secondary N) is 1. The molecule has 8 nitrogen and oxygen atoms in total. The first-order valence-electron chi connectivity index (χ1n) is 9.65. The van der Waals surface area contributed by atoms with E-state index in [-0.39, 0.29) is 4.90 Å². The molecule has 1 aromatic heterocycles. The third kappa shape index (κ3) is 4.41. The normalized spacial score (nSPS) is 14.5. The molecule has 10 heteroatoms. The maximum atomic E-state index is 12.7. The minimum atomic E-state index is -3.57. The van der Waals surface area contributed by atoms with E-state index in [4.69, 9.17) is 5.73 Å². The molecule has 0 saturated heterocycles. The van der Waals surface area contributed by atoms with E-state index in [1.165, 1.54) is 49.7 Å². The lowest BCUT2D eigenvalue weighted by Crippen LogP contribution is -2.31. The number of anilines is 1. The summed E-state index contributed by atoms with van der Waals surface area (Å²) in [5.74, 6) is -0.977. The van der Waals surface area contributed by atoms with E-state index in [0.29, 0.717) is 16.1 Å². The molecule has 0 aliphatic carbocycles. The first-order valence-corrected chi connectivity index (χ1v) is 11.9. The average Bonchev–Trinajstić information content (AvgIpc) is 3.05. The number of hydrogen-bond acceptors (Lipinski definition) is 6. The van der Waals surface area contributed by atoms with Gasteiger partial charge in [-0.3, -0.25) is 14.5 Å². The van der Waals surface area contributed by atoms with E-state index in [1.54, 1.807) is 0 Å². The largest absolute Gasteiger partial charge is 0.365 e. The van der Waals surface area contributed by atoms with Crippen LogP contribution in [-0.4, -0.2) is 56.6 Å². The second-order valence-electron chi connectivity index (χ2n) is 7.36. The lowest BCUT2D eigenvalue weighted by molar-refractivity contribution is 0.1000. The second kappa shape index (κ2) is 8.84. The Balaban J connectivity index is 1.84. The van der Waals surface area contributed by atoms with Crippen molar-refractivity contribution in [2.75, 3.05) is 32.5 Å². The molecule has 1 aliphatic rings. The molecule has 0 saturated carbocycles. The molecule has 3 N–H and O–H groups in total. The van der Waals surface area contributed by atoms with Gasteiger partial charge in [-0.2, -0.15) is 0 Å². The fourth-order valence-electron chi connectivity index (χ4n) is 3.48. The van der Waals surface area contributed by atoms with Gasteiger partial charge in [0.1, 0.15) is 5.00 Å². The Kier molecular flexibility index (Phi) is 6.61. The standard InChI is InChI=1S/C20H26N4O4S2/c1-4-10-24-11-9-15-16(12-24)29-20(17(15)18(21)25)22-19(26)13-5-7-14(8-6-13)30(27,28)23(2)3/h5-8H,4,9-12H2,1-3H3,(H2,21,25)(H,22,26). The first-order chi connectivity index (χ1) is 14.1. The molecule has 0 atom stereocenters. The van der Waals surface area contributed by atoms with Crippen LogP contribution in [0.4, 0.5) is 5.00 Å². The number of rotatable bonds is 7. The van der Waals surface area contributed by atoms with Crippen molar-refractivity contribution in [2.45, 2.75) is 31.2 Å². The summed E-state index contributed by atoms with van der Waals surface area (Å²) in [6, 6.07) is 5.68. The maximum Gasteiger partial charge on any atom is 0.256 e. The molecule has 0 spiro atoms. The van der Waals surface area contributed by atoms with Gasteiger partial charge in [0.05, 0.1) is 10.5 Å². The van der Waals surface area contributed by atoms with Crippen LogP contribution in [0.1, 0.15) is 44.5 Å². The maximum absolute atomic E-state index is 12.7. The van der Waals surface area contributed by atoms with Crippen molar-refractivity contribution in [1.29, 1.82) is 0 Å². The summed E-state index contributed by atoms with van der Waals surface area (Å²) in [4.78, 5) is 28.3. The molecule has 0 bridgehead atoms. The molecule has 2 heterocycles. The molecule has 2 aromatic rings. The lowest BCUT2D eigenvalue weighted by atomic mass is 10.0. The quantitative estimate of drug-likeness (QED) is 0.671. The van der Waals surface area contributed by atoms with Gasteiger partial charge in [-0.1, -0.05) is 6.92 Å². The van der Waals surface area contributed by atoms with Gasteiger partial charge in [0.15, 0.2) is 0 Å². The monoisotopic (exact) mass is 450 g/mol. The summed E-state index contributed by atoms with van der Waals surface area (Å²) in [6.07, 6.45) is 1.77. The molecule has 3 rings (SSSR count). The third-order valence-electron chi connectivity index (χ3n) is 5.04. The Morgan fingerprint density at radius 1 is 1.23 bits per heavy atom. The van der Waals surface area contributed by atoms with Crippen LogP contribution in [0, 0.1) is 0 Å². The highest BCUT2D eigenvalue weighted by atomic mass is 32.2. The summed E-state index contributed by atoms with van der Waals surface area (Å²) in [5.41, 5.74) is 7.21. The number of benzene rings is 1. The van der Waals surface area contributed by atoms with Crippen LogP contribution >= 0.6 is 11.3 Å². The van der Waals surface area contributed by atoms with Crippen molar-refractivity contribution < 1.29 is 18.0 Å². The van der Waals surface area contributed by atoms with Gasteiger partial charge in [0.2, 0.25) is 10.0 Å². The van der Waals surface area contributed by atoms with Gasteiger partial charge in [0, 0.05) is 37.6 Å². The van der Waals surface area contributed by atoms with E-state index >= 15 is 0 Å². The highest BCUT2D eigenvalue weighted by Crippen LogP contribution is 2.37. The molecule has 0 radical (unpaired) electrons. The van der Waals surface area contributed by atoms with Gasteiger partial charge in [-0.25, -0.2) is 12.7 Å². The number of carbonyl (C=O) groups is 2. The van der Waals surface area contributed by atoms with Crippen LogP contribution in [-0.2, 0) is 23.0 Å². The SMILES string of the molecule is CCCN1CCc2c(sc(NC(=O)c3ccc(S(=O)(=O)N(C)C)cc3)c2C(N)=O)C1. The number of thiophene rings is 1. The van der Waals surface area contributed by atoms with Crippen molar-refractivity contribution in [3.05, 3.63) is 45.8 Å². The summed E-state index contributed by atoms with van der Waals surface area (Å²) < 4.78 is 25.5. The summed E-state index contributed by atoms with van der Waals surface area (Å²) in [6.45, 7) is 4.70. The number of carbonyl (C=O) groups excluding carboxylic acids is 2. The Morgan fingerprint density at radius 3 is 2.47 bits per heavy atom. The summed E-state index contributed by atoms with van der Waals surface area (Å²) in [5, 5.41) is 3.24. The molecule has 1 aliphatic heterocycles. The summed E-state index contributed by atoms with van der Waals surface area (Å²) in [7, 11) is -0.679. The van der Waals surface area contributed by atoms with Gasteiger partial charge in [-0.05, 0) is 49.2 Å². The molecule has 0 unspecified atom stereocenters. The first kappa shape index (κ1) is 22.4. The van der Waals surface area contributed by atoms with Crippen LogP contribution in [0.5, 0.6) is 0 Å². The number of nitrogens with two attached hydrogens (primary N) is 1. The van der Waals surface area contributed by atoms with Crippen molar-refractivity contribution in [3.63, 3.8) is 0 Å². The van der Waals surface area contributed by atoms with Crippen LogP contribution in [0.15, 0.2) is 29.2 Å². The molecule has 30 heavy (non-hydrogen) atoms. The van der Waals surface area contributed by atoms with Crippen molar-refractivity contribution >= 4 is 38.2 Å². The van der Waals surface area contributed by atoms with E-state index in [1.807, 2.05) is 0 Å². The smallest absolute Gasteiger partial charge is 0.256 e. The third-order valence-corrected chi connectivity index (χ3v) is 8.01. The predicted molar refractivity (Wildman–Crippen MR) is 117 cm³/mol. The van der Waals surface area contributed by atoms with Crippen LogP contribution in [0.3, 0.4) is 0 Å².